The van der Waals surface area contributed by atoms with Crippen molar-refractivity contribution in [1.82, 2.24) is 4.90 Å². The molecule has 0 spiro atoms. The lowest BCUT2D eigenvalue weighted by Gasteiger charge is -2.43. The van der Waals surface area contributed by atoms with Crippen LogP contribution in [0.1, 0.15) is 44.6 Å². The molecule has 2 fully saturated rings. The summed E-state index contributed by atoms with van der Waals surface area (Å²) in [5, 5.41) is 11.2. The summed E-state index contributed by atoms with van der Waals surface area (Å²) in [4.78, 5) is 14.6. The van der Waals surface area contributed by atoms with Crippen molar-refractivity contribution in [1.29, 1.82) is 0 Å². The first-order valence-electron chi connectivity index (χ1n) is 11.1. The second kappa shape index (κ2) is 9.60. The van der Waals surface area contributed by atoms with E-state index < -0.39 is 5.60 Å². The number of benzene rings is 2. The van der Waals surface area contributed by atoms with Crippen molar-refractivity contribution in [2.24, 2.45) is 0 Å². The third kappa shape index (κ3) is 5.13. The Morgan fingerprint density at radius 3 is 2.26 bits per heavy atom. The molecule has 6 heteroatoms. The summed E-state index contributed by atoms with van der Waals surface area (Å²) in [6.45, 7) is 3.18. The number of carbonyl (C=O) groups is 1. The smallest absolute Gasteiger partial charge is 0.410 e. The lowest BCUT2D eigenvalue weighted by Crippen LogP contribution is -2.53. The lowest BCUT2D eigenvalue weighted by molar-refractivity contribution is -0.0598. The van der Waals surface area contributed by atoms with E-state index in [0.29, 0.717) is 44.0 Å². The first kappa shape index (κ1) is 21.5. The summed E-state index contributed by atoms with van der Waals surface area (Å²) < 4.78 is 17.1. The Bertz CT molecular complexity index is 857. The van der Waals surface area contributed by atoms with Gasteiger partial charge >= 0.3 is 6.09 Å². The van der Waals surface area contributed by atoms with E-state index in [2.05, 4.69) is 0 Å². The number of aliphatic hydroxyl groups is 1. The van der Waals surface area contributed by atoms with Crippen LogP contribution in [0, 0.1) is 0 Å². The van der Waals surface area contributed by atoms with E-state index in [1.54, 1.807) is 0 Å². The zero-order valence-corrected chi connectivity index (χ0v) is 18.0. The molecule has 166 valence electrons. The highest BCUT2D eigenvalue weighted by Gasteiger charge is 2.49. The van der Waals surface area contributed by atoms with Gasteiger partial charge in [-0.15, -0.1) is 0 Å². The molecule has 2 aliphatic rings. The fraction of sp³-hybridized carbons (Fsp3) is 0.480. The zero-order chi connectivity index (χ0) is 21.7. The van der Waals surface area contributed by atoms with Gasteiger partial charge in [-0.05, 0) is 50.3 Å². The lowest BCUT2D eigenvalue weighted by atomic mass is 9.84. The van der Waals surface area contributed by atoms with Crippen LogP contribution in [0.4, 0.5) is 4.79 Å². The number of fused-ring (bicyclic) bond motifs is 2. The van der Waals surface area contributed by atoms with Crippen molar-refractivity contribution < 1.29 is 24.1 Å². The molecule has 2 bridgehead atoms. The molecule has 6 nitrogen and oxygen atoms in total. The highest BCUT2D eigenvalue weighted by atomic mass is 16.6. The first-order valence-corrected chi connectivity index (χ1v) is 11.1. The Kier molecular flexibility index (Phi) is 6.66. The Morgan fingerprint density at radius 1 is 1.00 bits per heavy atom. The summed E-state index contributed by atoms with van der Waals surface area (Å²) in [5.41, 5.74) is 0.143. The maximum absolute atomic E-state index is 12.7. The summed E-state index contributed by atoms with van der Waals surface area (Å²) in [7, 11) is 0. The van der Waals surface area contributed by atoms with Gasteiger partial charge in [0.1, 0.15) is 6.61 Å². The topological polar surface area (TPSA) is 68.2 Å². The molecule has 2 aliphatic heterocycles. The maximum Gasteiger partial charge on any atom is 0.410 e. The van der Waals surface area contributed by atoms with E-state index in [-0.39, 0.29) is 24.8 Å². The highest BCUT2D eigenvalue weighted by Crippen LogP contribution is 2.42. The van der Waals surface area contributed by atoms with E-state index >= 15 is 0 Å². The van der Waals surface area contributed by atoms with Gasteiger partial charge in [0.05, 0.1) is 18.8 Å². The molecular weight excluding hydrogens is 394 g/mol. The molecule has 2 saturated heterocycles. The highest BCUT2D eigenvalue weighted by molar-refractivity contribution is 5.69. The Labute approximate surface area is 183 Å². The molecule has 0 aromatic heterocycles. The predicted molar refractivity (Wildman–Crippen MR) is 117 cm³/mol. The molecule has 4 rings (SSSR count). The third-order valence-corrected chi connectivity index (χ3v) is 6.24. The second-order valence-corrected chi connectivity index (χ2v) is 8.44. The quantitative estimate of drug-likeness (QED) is 0.672. The largest absolute Gasteiger partial charge is 0.490 e. The van der Waals surface area contributed by atoms with Crippen molar-refractivity contribution >= 4 is 6.09 Å². The molecule has 2 aromatic rings. The number of carbonyl (C=O) groups excluding carboxylic acids is 1. The average Bonchev–Trinajstić information content (AvgIpc) is 3.06. The SMILES string of the molecule is CCOc1ccccc1OCCC1(O)CC2CCC(C1)N2C(=O)OCc1ccccc1. The van der Waals surface area contributed by atoms with Crippen LogP contribution in [-0.2, 0) is 11.3 Å². The molecule has 2 atom stereocenters. The van der Waals surface area contributed by atoms with Crippen LogP contribution in [0.25, 0.3) is 0 Å². The minimum Gasteiger partial charge on any atom is -0.490 e. The average molecular weight is 426 g/mol. The van der Waals surface area contributed by atoms with Crippen molar-refractivity contribution in [2.75, 3.05) is 13.2 Å². The fourth-order valence-electron chi connectivity index (χ4n) is 4.81. The minimum absolute atomic E-state index is 0.0164. The van der Waals surface area contributed by atoms with Gasteiger partial charge in [0.25, 0.3) is 0 Å². The minimum atomic E-state index is -0.831. The molecular formula is C25H31NO5. The molecule has 2 aromatic carbocycles. The Hall–Kier alpha value is -2.73. The van der Waals surface area contributed by atoms with E-state index in [1.807, 2.05) is 66.4 Å². The van der Waals surface area contributed by atoms with E-state index in [1.165, 1.54) is 0 Å². The molecule has 0 saturated carbocycles. The first-order chi connectivity index (χ1) is 15.1. The third-order valence-electron chi connectivity index (χ3n) is 6.24. The molecule has 2 unspecified atom stereocenters. The number of hydrogen-bond acceptors (Lipinski definition) is 5. The van der Waals surface area contributed by atoms with Crippen LogP contribution in [-0.4, -0.2) is 47.0 Å². The summed E-state index contributed by atoms with van der Waals surface area (Å²) in [5.74, 6) is 1.41. The van der Waals surface area contributed by atoms with Crippen LogP contribution in [0.2, 0.25) is 0 Å². The van der Waals surface area contributed by atoms with Gasteiger partial charge in [0.15, 0.2) is 11.5 Å². The van der Waals surface area contributed by atoms with Crippen LogP contribution >= 0.6 is 0 Å². The van der Waals surface area contributed by atoms with Crippen molar-refractivity contribution in [3.8, 4) is 11.5 Å². The zero-order valence-electron chi connectivity index (χ0n) is 18.0. The monoisotopic (exact) mass is 425 g/mol. The molecule has 1 N–H and O–H groups in total. The van der Waals surface area contributed by atoms with Gasteiger partial charge in [0.2, 0.25) is 0 Å². The van der Waals surface area contributed by atoms with Crippen LogP contribution < -0.4 is 9.47 Å². The summed E-state index contributed by atoms with van der Waals surface area (Å²) >= 11 is 0. The molecule has 31 heavy (non-hydrogen) atoms. The number of ether oxygens (including phenoxy) is 3. The van der Waals surface area contributed by atoms with E-state index in [0.717, 1.165) is 18.4 Å². The predicted octanol–water partition coefficient (Wildman–Crippen LogP) is 4.55. The molecule has 2 heterocycles. The van der Waals surface area contributed by atoms with Gasteiger partial charge in [-0.3, -0.25) is 0 Å². The van der Waals surface area contributed by atoms with E-state index in [4.69, 9.17) is 14.2 Å². The normalized spacial score (nSPS) is 24.6. The van der Waals surface area contributed by atoms with Gasteiger partial charge < -0.3 is 24.2 Å². The number of para-hydroxylation sites is 2. The van der Waals surface area contributed by atoms with Crippen LogP contribution in [0.3, 0.4) is 0 Å². The molecule has 0 aliphatic carbocycles. The van der Waals surface area contributed by atoms with Crippen LogP contribution in [0.15, 0.2) is 54.6 Å². The maximum atomic E-state index is 12.7. The van der Waals surface area contributed by atoms with Gasteiger partial charge in [-0.2, -0.15) is 0 Å². The number of hydrogen-bond donors (Lipinski definition) is 1. The van der Waals surface area contributed by atoms with E-state index in [9.17, 15) is 9.90 Å². The van der Waals surface area contributed by atoms with Gasteiger partial charge in [-0.25, -0.2) is 4.79 Å². The summed E-state index contributed by atoms with van der Waals surface area (Å²) in [6, 6.07) is 17.3. The van der Waals surface area contributed by atoms with Gasteiger partial charge in [0, 0.05) is 18.5 Å². The van der Waals surface area contributed by atoms with Gasteiger partial charge in [-0.1, -0.05) is 42.5 Å². The number of nitrogens with zero attached hydrogens (tertiary/aromatic N) is 1. The van der Waals surface area contributed by atoms with Crippen molar-refractivity contribution in [3.05, 3.63) is 60.2 Å². The fourth-order valence-corrected chi connectivity index (χ4v) is 4.81. The standard InChI is InChI=1S/C25H31NO5/c1-2-29-22-10-6-7-11-23(22)30-15-14-25(28)16-20-12-13-21(17-25)26(20)24(27)31-18-19-8-4-3-5-9-19/h3-11,20-21,28H,2,12-18H2,1H3. The van der Waals surface area contributed by atoms with Crippen molar-refractivity contribution in [2.45, 2.75) is 63.3 Å². The summed E-state index contributed by atoms with van der Waals surface area (Å²) in [6.07, 6.45) is 3.16. The second-order valence-electron chi connectivity index (χ2n) is 8.44. The molecule has 1 amide bonds. The van der Waals surface area contributed by atoms with Crippen LogP contribution in [0.5, 0.6) is 11.5 Å². The Balaban J connectivity index is 1.30. The number of amides is 1. The molecule has 0 radical (unpaired) electrons. The number of piperidine rings is 1. The number of rotatable bonds is 8. The Morgan fingerprint density at radius 2 is 1.61 bits per heavy atom. The van der Waals surface area contributed by atoms with Crippen molar-refractivity contribution in [3.63, 3.8) is 0 Å².